The fourth-order valence-corrected chi connectivity index (χ4v) is 9.30. The molecule has 0 radical (unpaired) electrons. The number of rotatable bonds is 12. The zero-order chi connectivity index (χ0) is 23.8. The van der Waals surface area contributed by atoms with Gasteiger partial charge < -0.3 is 14.6 Å². The molecule has 0 aromatic heterocycles. The maximum atomic E-state index is 10.6. The van der Waals surface area contributed by atoms with Crippen molar-refractivity contribution in [3.8, 4) is 0 Å². The van der Waals surface area contributed by atoms with Crippen molar-refractivity contribution >= 4 is 18.7 Å². The molecule has 3 nitrogen and oxygen atoms in total. The summed E-state index contributed by atoms with van der Waals surface area (Å²) < 4.78 is 6.92. The summed E-state index contributed by atoms with van der Waals surface area (Å²) in [7, 11) is -2.49. The Balaban J connectivity index is 2.09. The van der Waals surface area contributed by atoms with E-state index in [0.717, 1.165) is 19.3 Å². The summed E-state index contributed by atoms with van der Waals surface area (Å²) in [5.41, 5.74) is 0. The molecule has 0 amide bonds. The van der Waals surface area contributed by atoms with Crippen molar-refractivity contribution in [1.29, 1.82) is 0 Å². The number of hydrogen-bond acceptors (Lipinski definition) is 3. The second-order valence-corrected chi connectivity index (χ2v) is 14.6. The van der Waals surface area contributed by atoms with Crippen molar-refractivity contribution in [2.24, 2.45) is 11.8 Å². The van der Waals surface area contributed by atoms with Crippen LogP contribution in [0.25, 0.3) is 0 Å². The molecule has 0 heterocycles. The van der Waals surface area contributed by atoms with Crippen LogP contribution in [0.3, 0.4) is 0 Å². The van der Waals surface area contributed by atoms with E-state index in [4.69, 9.17) is 4.43 Å². The largest absolute Gasteiger partial charge is 0.407 e. The third-order valence-corrected chi connectivity index (χ3v) is 12.0. The van der Waals surface area contributed by atoms with E-state index in [9.17, 15) is 10.2 Å². The lowest BCUT2D eigenvalue weighted by Gasteiger charge is -2.43. The summed E-state index contributed by atoms with van der Waals surface area (Å²) in [6, 6.07) is 21.4. The van der Waals surface area contributed by atoms with E-state index in [1.165, 1.54) is 10.4 Å². The Morgan fingerprint density at radius 1 is 0.844 bits per heavy atom. The molecule has 2 rings (SSSR count). The van der Waals surface area contributed by atoms with Gasteiger partial charge in [-0.25, -0.2) is 0 Å². The van der Waals surface area contributed by atoms with Gasteiger partial charge in [-0.1, -0.05) is 109 Å². The number of aliphatic hydroxyl groups is 2. The van der Waals surface area contributed by atoms with E-state index >= 15 is 0 Å². The number of aliphatic hydroxyl groups excluding tert-OH is 2. The quantitative estimate of drug-likeness (QED) is 0.343. The highest BCUT2D eigenvalue weighted by Crippen LogP contribution is 2.36. The van der Waals surface area contributed by atoms with Gasteiger partial charge in [0.2, 0.25) is 0 Å². The highest BCUT2D eigenvalue weighted by Gasteiger charge is 2.49. The third-order valence-electron chi connectivity index (χ3n) is 7.00. The fraction of sp³-hybridized carbons (Fsp3) is 0.571. The fourth-order valence-electron chi connectivity index (χ4n) is 4.69. The maximum absolute atomic E-state index is 10.6. The second-order valence-electron chi connectivity index (χ2n) is 10.3. The van der Waals surface area contributed by atoms with Gasteiger partial charge in [0.1, 0.15) is 0 Å². The lowest BCUT2D eigenvalue weighted by molar-refractivity contribution is -0.0111. The van der Waals surface area contributed by atoms with Gasteiger partial charge in [-0.05, 0) is 40.6 Å². The van der Waals surface area contributed by atoms with Gasteiger partial charge in [0.25, 0.3) is 8.32 Å². The van der Waals surface area contributed by atoms with Crippen molar-refractivity contribution in [2.75, 3.05) is 6.61 Å². The molecule has 0 saturated carbocycles. The van der Waals surface area contributed by atoms with Crippen molar-refractivity contribution in [3.05, 3.63) is 60.7 Å². The smallest absolute Gasteiger partial charge is 0.261 e. The highest BCUT2D eigenvalue weighted by molar-refractivity contribution is 6.99. The molecule has 2 aromatic rings. The van der Waals surface area contributed by atoms with Gasteiger partial charge in [0, 0.05) is 12.5 Å². The Morgan fingerprint density at radius 3 is 1.78 bits per heavy atom. The molecule has 4 heteroatoms. The molecule has 2 N–H and O–H groups in total. The van der Waals surface area contributed by atoms with Crippen molar-refractivity contribution in [1.82, 2.24) is 0 Å². The molecule has 0 unspecified atom stereocenters. The minimum Gasteiger partial charge on any atom is -0.407 e. The van der Waals surface area contributed by atoms with Crippen molar-refractivity contribution < 1.29 is 14.6 Å². The topological polar surface area (TPSA) is 49.7 Å². The van der Waals surface area contributed by atoms with Crippen LogP contribution in [-0.4, -0.2) is 37.3 Å². The number of unbranched alkanes of at least 4 members (excludes halogenated alkanes) is 1. The summed E-state index contributed by atoms with van der Waals surface area (Å²) in [5, 5.41) is 23.6. The summed E-state index contributed by atoms with van der Waals surface area (Å²) in [6.45, 7) is 13.6. The van der Waals surface area contributed by atoms with E-state index in [1.54, 1.807) is 0 Å². The predicted octanol–water partition coefficient (Wildman–Crippen LogP) is 5.14. The van der Waals surface area contributed by atoms with E-state index in [0.29, 0.717) is 13.0 Å². The van der Waals surface area contributed by atoms with Crippen LogP contribution in [0.2, 0.25) is 5.04 Å². The van der Waals surface area contributed by atoms with E-state index in [-0.39, 0.29) is 16.9 Å². The molecular formula is C28H44O3Si. The van der Waals surface area contributed by atoms with Crippen LogP contribution in [0.1, 0.15) is 67.2 Å². The summed E-state index contributed by atoms with van der Waals surface area (Å²) in [5.74, 6) is 0.0978. The first-order chi connectivity index (χ1) is 15.1. The third kappa shape index (κ3) is 6.32. The SMILES string of the molecule is CC[C@H](C)[C@@H](O)[C@H](C)[C@H](O)CCCCO[Si](c1ccccc1)(c1ccccc1)C(C)(C)C. The zero-order valence-corrected chi connectivity index (χ0v) is 21.9. The van der Waals surface area contributed by atoms with Gasteiger partial charge in [-0.2, -0.15) is 0 Å². The predicted molar refractivity (Wildman–Crippen MR) is 138 cm³/mol. The average Bonchev–Trinajstić information content (AvgIpc) is 2.80. The van der Waals surface area contributed by atoms with Crippen LogP contribution >= 0.6 is 0 Å². The molecule has 0 aliphatic carbocycles. The van der Waals surface area contributed by atoms with Gasteiger partial charge in [0.05, 0.1) is 12.2 Å². The second kappa shape index (κ2) is 12.1. The van der Waals surface area contributed by atoms with E-state index < -0.39 is 20.5 Å². The van der Waals surface area contributed by atoms with Gasteiger partial charge in [-0.3, -0.25) is 0 Å². The minimum atomic E-state index is -2.49. The molecule has 178 valence electrons. The van der Waals surface area contributed by atoms with Crippen LogP contribution in [0.4, 0.5) is 0 Å². The number of hydrogen-bond donors (Lipinski definition) is 2. The molecule has 4 atom stereocenters. The van der Waals surface area contributed by atoms with Crippen molar-refractivity contribution in [3.63, 3.8) is 0 Å². The molecule has 0 saturated heterocycles. The Labute approximate surface area is 197 Å². The minimum absolute atomic E-state index is 0.0237. The van der Waals surface area contributed by atoms with Gasteiger partial charge in [0.15, 0.2) is 0 Å². The van der Waals surface area contributed by atoms with Crippen LogP contribution in [0.15, 0.2) is 60.7 Å². The highest BCUT2D eigenvalue weighted by atomic mass is 28.4. The van der Waals surface area contributed by atoms with Crippen LogP contribution in [-0.2, 0) is 4.43 Å². The van der Waals surface area contributed by atoms with Crippen LogP contribution < -0.4 is 10.4 Å². The summed E-state index contributed by atoms with van der Waals surface area (Å²) >= 11 is 0. The molecule has 0 aliphatic rings. The molecule has 2 aromatic carbocycles. The molecule has 0 spiro atoms. The molecule has 0 bridgehead atoms. The summed E-state index contributed by atoms with van der Waals surface area (Å²) in [4.78, 5) is 0. The van der Waals surface area contributed by atoms with Crippen molar-refractivity contribution in [2.45, 2.75) is 84.5 Å². The Hall–Kier alpha value is -1.46. The van der Waals surface area contributed by atoms with E-state index in [1.807, 2.05) is 13.8 Å². The van der Waals surface area contributed by atoms with Crippen LogP contribution in [0, 0.1) is 11.8 Å². The molecule has 0 aliphatic heterocycles. The Bertz CT molecular complexity index is 733. The first-order valence-electron chi connectivity index (χ1n) is 12.3. The standard InChI is InChI=1S/C28H44O3Si/c1-7-22(2)27(30)23(3)26(29)20-14-15-21-31-32(28(4,5)6,24-16-10-8-11-17-24)25-18-12-9-13-19-25/h8-13,16-19,22-23,26-27,29-30H,7,14-15,20-21H2,1-6H3/t22-,23+,26+,27+/m0/s1. The molecule has 32 heavy (non-hydrogen) atoms. The first kappa shape index (κ1) is 26.8. The van der Waals surface area contributed by atoms with E-state index in [2.05, 4.69) is 88.4 Å². The number of benzene rings is 2. The Morgan fingerprint density at radius 2 is 1.34 bits per heavy atom. The molecular weight excluding hydrogens is 412 g/mol. The average molecular weight is 457 g/mol. The molecule has 0 fully saturated rings. The maximum Gasteiger partial charge on any atom is 0.261 e. The Kier molecular flexibility index (Phi) is 10.2. The summed E-state index contributed by atoms with van der Waals surface area (Å²) in [6.07, 6.45) is 2.46. The lowest BCUT2D eigenvalue weighted by Crippen LogP contribution is -2.66. The monoisotopic (exact) mass is 456 g/mol. The lowest BCUT2D eigenvalue weighted by atomic mass is 9.86. The van der Waals surface area contributed by atoms with Gasteiger partial charge >= 0.3 is 0 Å². The first-order valence-corrected chi connectivity index (χ1v) is 14.2. The van der Waals surface area contributed by atoms with Gasteiger partial charge in [-0.15, -0.1) is 0 Å². The van der Waals surface area contributed by atoms with Crippen LogP contribution in [0.5, 0.6) is 0 Å². The zero-order valence-electron chi connectivity index (χ0n) is 20.9. The normalized spacial score (nSPS) is 16.4.